The molecule has 2 aromatic carbocycles. The number of amides is 1. The van der Waals surface area contributed by atoms with Gasteiger partial charge in [0.2, 0.25) is 0 Å². The molecule has 0 bridgehead atoms. The van der Waals surface area contributed by atoms with E-state index < -0.39 is 0 Å². The van der Waals surface area contributed by atoms with Crippen LogP contribution >= 0.6 is 0 Å². The van der Waals surface area contributed by atoms with Gasteiger partial charge in [-0.15, -0.1) is 0 Å². The van der Waals surface area contributed by atoms with Crippen LogP contribution in [0.4, 0.5) is 15.8 Å². The van der Waals surface area contributed by atoms with Crippen molar-refractivity contribution in [2.24, 2.45) is 0 Å². The highest BCUT2D eigenvalue weighted by Crippen LogP contribution is 2.20. The molecule has 4 heteroatoms. The molecule has 1 amide bonds. The lowest BCUT2D eigenvalue weighted by atomic mass is 10.1. The van der Waals surface area contributed by atoms with E-state index in [0.29, 0.717) is 11.3 Å². The lowest BCUT2D eigenvalue weighted by Crippen LogP contribution is -2.14. The SMILES string of the molecule is CNc1cc(C)ccc1C(=O)Nc1cc(C)cc(F)c1. The Balaban J connectivity index is 2.28. The summed E-state index contributed by atoms with van der Waals surface area (Å²) in [7, 11) is 1.76. The summed E-state index contributed by atoms with van der Waals surface area (Å²) in [6, 6.07) is 9.97. The van der Waals surface area contributed by atoms with Gasteiger partial charge in [0.1, 0.15) is 5.82 Å². The summed E-state index contributed by atoms with van der Waals surface area (Å²) in [4.78, 5) is 12.3. The molecular weight excluding hydrogens is 255 g/mol. The van der Waals surface area contributed by atoms with Crippen LogP contribution in [0.15, 0.2) is 36.4 Å². The van der Waals surface area contributed by atoms with Crippen LogP contribution in [-0.4, -0.2) is 13.0 Å². The zero-order chi connectivity index (χ0) is 14.7. The minimum atomic E-state index is -0.363. The number of benzene rings is 2. The fourth-order valence-corrected chi connectivity index (χ4v) is 2.07. The van der Waals surface area contributed by atoms with Gasteiger partial charge in [-0.1, -0.05) is 6.07 Å². The minimum absolute atomic E-state index is 0.264. The maximum atomic E-state index is 13.3. The summed E-state index contributed by atoms with van der Waals surface area (Å²) in [6.45, 7) is 3.74. The molecule has 2 N–H and O–H groups in total. The highest BCUT2D eigenvalue weighted by atomic mass is 19.1. The molecule has 2 aromatic rings. The Hall–Kier alpha value is -2.36. The molecule has 20 heavy (non-hydrogen) atoms. The van der Waals surface area contributed by atoms with Gasteiger partial charge in [-0.25, -0.2) is 4.39 Å². The van der Waals surface area contributed by atoms with Gasteiger partial charge in [-0.3, -0.25) is 4.79 Å². The molecule has 0 saturated heterocycles. The van der Waals surface area contributed by atoms with Crippen LogP contribution < -0.4 is 10.6 Å². The van der Waals surface area contributed by atoms with E-state index in [1.54, 1.807) is 26.1 Å². The van der Waals surface area contributed by atoms with Crippen molar-refractivity contribution in [2.45, 2.75) is 13.8 Å². The molecule has 0 spiro atoms. The smallest absolute Gasteiger partial charge is 0.257 e. The van der Waals surface area contributed by atoms with Crippen LogP contribution in [0.5, 0.6) is 0 Å². The molecule has 0 aliphatic carbocycles. The molecule has 0 atom stereocenters. The van der Waals surface area contributed by atoms with Gasteiger partial charge in [-0.05, 0) is 55.3 Å². The predicted molar refractivity (Wildman–Crippen MR) is 79.8 cm³/mol. The molecule has 0 fully saturated rings. The quantitative estimate of drug-likeness (QED) is 0.893. The van der Waals surface area contributed by atoms with Crippen molar-refractivity contribution in [1.29, 1.82) is 0 Å². The van der Waals surface area contributed by atoms with E-state index in [-0.39, 0.29) is 11.7 Å². The maximum absolute atomic E-state index is 13.3. The third-order valence-corrected chi connectivity index (χ3v) is 2.99. The van der Waals surface area contributed by atoms with Crippen molar-refractivity contribution in [1.82, 2.24) is 0 Å². The third-order valence-electron chi connectivity index (χ3n) is 2.99. The Kier molecular flexibility index (Phi) is 4.03. The van der Waals surface area contributed by atoms with E-state index in [9.17, 15) is 9.18 Å². The lowest BCUT2D eigenvalue weighted by molar-refractivity contribution is 0.102. The van der Waals surface area contributed by atoms with Gasteiger partial charge in [0, 0.05) is 18.4 Å². The van der Waals surface area contributed by atoms with Crippen molar-refractivity contribution >= 4 is 17.3 Å². The molecule has 0 unspecified atom stereocenters. The van der Waals surface area contributed by atoms with Crippen molar-refractivity contribution in [3.05, 3.63) is 58.9 Å². The maximum Gasteiger partial charge on any atom is 0.257 e. The number of halogens is 1. The normalized spacial score (nSPS) is 10.2. The van der Waals surface area contributed by atoms with Gasteiger partial charge in [0.15, 0.2) is 0 Å². The predicted octanol–water partition coefficient (Wildman–Crippen LogP) is 3.74. The molecular formula is C16H17FN2O. The summed E-state index contributed by atoms with van der Waals surface area (Å²) in [5, 5.41) is 5.71. The van der Waals surface area contributed by atoms with E-state index in [4.69, 9.17) is 0 Å². The van der Waals surface area contributed by atoms with Gasteiger partial charge in [0.05, 0.1) is 5.56 Å². The van der Waals surface area contributed by atoms with Crippen molar-refractivity contribution in [3.8, 4) is 0 Å². The van der Waals surface area contributed by atoms with Crippen LogP contribution in [0.1, 0.15) is 21.5 Å². The Morgan fingerprint density at radius 1 is 1.05 bits per heavy atom. The third kappa shape index (κ3) is 3.15. The average Bonchev–Trinajstić information content (AvgIpc) is 2.37. The highest BCUT2D eigenvalue weighted by Gasteiger charge is 2.11. The summed E-state index contributed by atoms with van der Waals surface area (Å²) in [5.41, 5.74) is 3.55. The Bertz CT molecular complexity index is 633. The van der Waals surface area contributed by atoms with E-state index >= 15 is 0 Å². The van der Waals surface area contributed by atoms with Crippen LogP contribution in [0.3, 0.4) is 0 Å². The molecule has 2 rings (SSSR count). The largest absolute Gasteiger partial charge is 0.387 e. The van der Waals surface area contributed by atoms with Crippen molar-refractivity contribution < 1.29 is 9.18 Å². The Morgan fingerprint density at radius 2 is 1.80 bits per heavy atom. The van der Waals surface area contributed by atoms with Crippen LogP contribution in [0.25, 0.3) is 0 Å². The van der Waals surface area contributed by atoms with E-state index in [0.717, 1.165) is 16.8 Å². The molecule has 104 valence electrons. The monoisotopic (exact) mass is 272 g/mol. The zero-order valence-corrected chi connectivity index (χ0v) is 11.8. The lowest BCUT2D eigenvalue weighted by Gasteiger charge is -2.11. The first kappa shape index (κ1) is 14.1. The number of nitrogens with one attached hydrogen (secondary N) is 2. The van der Waals surface area contributed by atoms with E-state index in [2.05, 4.69) is 10.6 Å². The molecule has 0 aromatic heterocycles. The Morgan fingerprint density at radius 3 is 2.45 bits per heavy atom. The van der Waals surface area contributed by atoms with E-state index in [1.165, 1.54) is 12.1 Å². The zero-order valence-electron chi connectivity index (χ0n) is 11.8. The van der Waals surface area contributed by atoms with Gasteiger partial charge in [-0.2, -0.15) is 0 Å². The van der Waals surface area contributed by atoms with Gasteiger partial charge < -0.3 is 10.6 Å². The molecule has 0 saturated carbocycles. The molecule has 3 nitrogen and oxygen atoms in total. The highest BCUT2D eigenvalue weighted by molar-refractivity contribution is 6.08. The Labute approximate surface area is 117 Å². The second-order valence-electron chi connectivity index (χ2n) is 4.77. The fraction of sp³-hybridized carbons (Fsp3) is 0.188. The van der Waals surface area contributed by atoms with Gasteiger partial charge >= 0.3 is 0 Å². The van der Waals surface area contributed by atoms with Crippen LogP contribution in [-0.2, 0) is 0 Å². The van der Waals surface area contributed by atoms with Crippen molar-refractivity contribution in [2.75, 3.05) is 17.7 Å². The second kappa shape index (κ2) is 5.74. The number of carbonyl (C=O) groups excluding carboxylic acids is 1. The summed E-state index contributed by atoms with van der Waals surface area (Å²) in [5.74, 6) is -0.627. The standard InChI is InChI=1S/C16H17FN2O/c1-10-4-5-14(15(8-10)18-3)16(20)19-13-7-11(2)6-12(17)9-13/h4-9,18H,1-3H3,(H,19,20). The number of carbonyl (C=O) groups is 1. The van der Waals surface area contributed by atoms with Gasteiger partial charge in [0.25, 0.3) is 5.91 Å². The minimum Gasteiger partial charge on any atom is -0.387 e. The first-order chi connectivity index (χ1) is 9.49. The number of hydrogen-bond acceptors (Lipinski definition) is 2. The molecule has 0 aliphatic rings. The number of rotatable bonds is 3. The average molecular weight is 272 g/mol. The molecule has 0 aliphatic heterocycles. The van der Waals surface area contributed by atoms with Crippen LogP contribution in [0.2, 0.25) is 0 Å². The first-order valence-electron chi connectivity index (χ1n) is 6.36. The number of aryl methyl sites for hydroxylation is 2. The topological polar surface area (TPSA) is 41.1 Å². The molecule has 0 heterocycles. The fourth-order valence-electron chi connectivity index (χ4n) is 2.07. The summed E-state index contributed by atoms with van der Waals surface area (Å²) < 4.78 is 13.3. The van der Waals surface area contributed by atoms with Crippen molar-refractivity contribution in [3.63, 3.8) is 0 Å². The first-order valence-corrected chi connectivity index (χ1v) is 6.36. The van der Waals surface area contributed by atoms with E-state index in [1.807, 2.05) is 19.1 Å². The number of anilines is 2. The summed E-state index contributed by atoms with van der Waals surface area (Å²) >= 11 is 0. The second-order valence-corrected chi connectivity index (χ2v) is 4.77. The van der Waals surface area contributed by atoms with Crippen LogP contribution in [0, 0.1) is 19.7 Å². The number of hydrogen-bond donors (Lipinski definition) is 2. The summed E-state index contributed by atoms with van der Waals surface area (Å²) in [6.07, 6.45) is 0. The molecule has 0 radical (unpaired) electrons.